The zero-order valence-electron chi connectivity index (χ0n) is 11.4. The zero-order valence-corrected chi connectivity index (χ0v) is 11.4. The largest absolute Gasteiger partial charge is 0.444 e. The normalized spacial score (nSPS) is 30.9. The Bertz CT molecular complexity index is 313. The van der Waals surface area contributed by atoms with E-state index in [1.165, 1.54) is 0 Å². The van der Waals surface area contributed by atoms with Gasteiger partial charge < -0.3 is 19.5 Å². The Kier molecular flexibility index (Phi) is 3.82. The van der Waals surface area contributed by atoms with Gasteiger partial charge in [0.1, 0.15) is 5.60 Å². The van der Waals surface area contributed by atoms with Crippen molar-refractivity contribution >= 4 is 6.09 Å². The maximum atomic E-state index is 12.0. The number of carbonyl (C=O) groups excluding carboxylic acids is 1. The van der Waals surface area contributed by atoms with E-state index in [0.29, 0.717) is 12.5 Å². The fourth-order valence-corrected chi connectivity index (χ4v) is 2.86. The van der Waals surface area contributed by atoms with Crippen molar-refractivity contribution in [3.8, 4) is 0 Å². The minimum Gasteiger partial charge on any atom is -0.444 e. The molecular weight excluding hydrogens is 234 g/mol. The highest BCUT2D eigenvalue weighted by Crippen LogP contribution is 2.40. The van der Waals surface area contributed by atoms with Crippen molar-refractivity contribution in [3.63, 3.8) is 0 Å². The van der Waals surface area contributed by atoms with Crippen LogP contribution in [-0.4, -0.2) is 53.6 Å². The maximum absolute atomic E-state index is 12.0. The van der Waals surface area contributed by atoms with Crippen LogP contribution in [0.4, 0.5) is 4.79 Å². The van der Waals surface area contributed by atoms with Gasteiger partial charge in [0.05, 0.1) is 19.3 Å². The van der Waals surface area contributed by atoms with E-state index in [0.717, 1.165) is 19.4 Å². The number of likely N-dealkylation sites (tertiary alicyclic amines) is 1. The van der Waals surface area contributed by atoms with E-state index >= 15 is 0 Å². The van der Waals surface area contributed by atoms with Crippen molar-refractivity contribution in [1.29, 1.82) is 0 Å². The lowest BCUT2D eigenvalue weighted by Gasteiger charge is -2.33. The molecule has 1 saturated heterocycles. The number of nitrogens with zero attached hydrogens (tertiary/aromatic N) is 1. The van der Waals surface area contributed by atoms with Crippen molar-refractivity contribution < 1.29 is 19.4 Å². The fourth-order valence-electron chi connectivity index (χ4n) is 2.86. The summed E-state index contributed by atoms with van der Waals surface area (Å²) in [5.41, 5.74) is -0.439. The standard InChI is InChI=1S/C13H23NO4/c1-13(2,3)18-12(16)14-8-9-6-10(14)7-11(9)17-5-4-15/h9-11,15H,4-8H2,1-3H3/t9-,10-,11?/m1/s1. The van der Waals surface area contributed by atoms with Gasteiger partial charge >= 0.3 is 6.09 Å². The lowest BCUT2D eigenvalue weighted by atomic mass is 10.1. The fraction of sp³-hybridized carbons (Fsp3) is 0.923. The number of amides is 1. The zero-order chi connectivity index (χ0) is 13.3. The van der Waals surface area contributed by atoms with E-state index < -0.39 is 5.60 Å². The molecule has 1 heterocycles. The average molecular weight is 257 g/mol. The van der Waals surface area contributed by atoms with Crippen LogP contribution in [0.25, 0.3) is 0 Å². The molecule has 2 fully saturated rings. The molecule has 0 aromatic rings. The smallest absolute Gasteiger partial charge is 0.410 e. The highest BCUT2D eigenvalue weighted by Gasteiger charge is 2.48. The van der Waals surface area contributed by atoms with Gasteiger partial charge in [-0.25, -0.2) is 4.79 Å². The molecule has 1 unspecified atom stereocenters. The van der Waals surface area contributed by atoms with E-state index in [4.69, 9.17) is 14.6 Å². The van der Waals surface area contributed by atoms with Gasteiger partial charge in [-0.1, -0.05) is 0 Å². The molecule has 0 aromatic heterocycles. The highest BCUT2D eigenvalue weighted by atomic mass is 16.6. The lowest BCUT2D eigenvalue weighted by Crippen LogP contribution is -2.44. The third-order valence-electron chi connectivity index (χ3n) is 3.53. The predicted octanol–water partition coefficient (Wildman–Crippen LogP) is 1.39. The minimum atomic E-state index is -0.439. The van der Waals surface area contributed by atoms with E-state index in [-0.39, 0.29) is 24.8 Å². The lowest BCUT2D eigenvalue weighted by molar-refractivity contribution is -0.0243. The molecule has 1 saturated carbocycles. The third kappa shape index (κ3) is 2.95. The minimum absolute atomic E-state index is 0.0592. The van der Waals surface area contributed by atoms with Gasteiger partial charge in [-0.15, -0.1) is 0 Å². The van der Waals surface area contributed by atoms with Gasteiger partial charge in [0, 0.05) is 18.5 Å². The van der Waals surface area contributed by atoms with E-state index in [2.05, 4.69) is 0 Å². The first-order chi connectivity index (χ1) is 8.40. The van der Waals surface area contributed by atoms with Crippen LogP contribution in [0.15, 0.2) is 0 Å². The molecule has 1 aliphatic carbocycles. The molecular formula is C13H23NO4. The van der Waals surface area contributed by atoms with Gasteiger partial charge in [-0.05, 0) is 33.6 Å². The number of hydrogen-bond donors (Lipinski definition) is 1. The van der Waals surface area contributed by atoms with Crippen LogP contribution in [0.3, 0.4) is 0 Å². The maximum Gasteiger partial charge on any atom is 0.410 e. The highest BCUT2D eigenvalue weighted by molar-refractivity contribution is 5.69. The summed E-state index contributed by atoms with van der Waals surface area (Å²) in [6.07, 6.45) is 1.84. The Balaban J connectivity index is 1.85. The third-order valence-corrected chi connectivity index (χ3v) is 3.53. The van der Waals surface area contributed by atoms with Crippen molar-refractivity contribution in [2.24, 2.45) is 5.92 Å². The average Bonchev–Trinajstić information content (AvgIpc) is 2.82. The second-order valence-electron chi connectivity index (χ2n) is 6.15. The number of piperidine rings is 1. The van der Waals surface area contributed by atoms with Crippen molar-refractivity contribution in [3.05, 3.63) is 0 Å². The molecule has 1 amide bonds. The van der Waals surface area contributed by atoms with Gasteiger partial charge in [0.25, 0.3) is 0 Å². The number of fused-ring (bicyclic) bond motifs is 2. The molecule has 1 aliphatic heterocycles. The monoisotopic (exact) mass is 257 g/mol. The number of hydrogen-bond acceptors (Lipinski definition) is 4. The molecule has 0 aromatic carbocycles. The van der Waals surface area contributed by atoms with Crippen LogP contribution in [-0.2, 0) is 9.47 Å². The number of ether oxygens (including phenoxy) is 2. The second-order valence-corrected chi connectivity index (χ2v) is 6.15. The molecule has 104 valence electrons. The molecule has 3 atom stereocenters. The molecule has 18 heavy (non-hydrogen) atoms. The number of aliphatic hydroxyl groups excluding tert-OH is 1. The van der Waals surface area contributed by atoms with Crippen LogP contribution in [0, 0.1) is 5.92 Å². The van der Waals surface area contributed by atoms with E-state index in [1.54, 1.807) is 0 Å². The first kappa shape index (κ1) is 13.6. The van der Waals surface area contributed by atoms with E-state index in [9.17, 15) is 4.79 Å². The number of rotatable bonds is 3. The summed E-state index contributed by atoms with van der Waals surface area (Å²) < 4.78 is 11.0. The first-order valence-corrected chi connectivity index (χ1v) is 6.63. The summed E-state index contributed by atoms with van der Waals surface area (Å²) in [5, 5.41) is 8.76. The molecule has 5 nitrogen and oxygen atoms in total. The Morgan fingerprint density at radius 1 is 1.39 bits per heavy atom. The Hall–Kier alpha value is -0.810. The molecule has 0 radical (unpaired) electrons. The second kappa shape index (κ2) is 5.05. The Labute approximate surface area is 108 Å². The van der Waals surface area contributed by atoms with Crippen LogP contribution in [0.2, 0.25) is 0 Å². The summed E-state index contributed by atoms with van der Waals surface area (Å²) in [6, 6.07) is 0.244. The van der Waals surface area contributed by atoms with Gasteiger partial charge in [-0.3, -0.25) is 0 Å². The summed E-state index contributed by atoms with van der Waals surface area (Å²) >= 11 is 0. The van der Waals surface area contributed by atoms with Crippen LogP contribution in [0.1, 0.15) is 33.6 Å². The van der Waals surface area contributed by atoms with Gasteiger partial charge in [-0.2, -0.15) is 0 Å². The summed E-state index contributed by atoms with van der Waals surface area (Å²) in [5.74, 6) is 0.397. The quantitative estimate of drug-likeness (QED) is 0.830. The molecule has 2 aliphatic rings. The predicted molar refractivity (Wildman–Crippen MR) is 66.3 cm³/mol. The molecule has 0 spiro atoms. The number of carbonyl (C=O) groups is 1. The summed E-state index contributed by atoms with van der Waals surface area (Å²) in [4.78, 5) is 13.8. The van der Waals surface area contributed by atoms with Crippen LogP contribution in [0.5, 0.6) is 0 Å². The Morgan fingerprint density at radius 2 is 2.11 bits per heavy atom. The van der Waals surface area contributed by atoms with Gasteiger partial charge in [0.2, 0.25) is 0 Å². The van der Waals surface area contributed by atoms with Crippen LogP contribution >= 0.6 is 0 Å². The van der Waals surface area contributed by atoms with Crippen molar-refractivity contribution in [1.82, 2.24) is 4.90 Å². The molecule has 2 bridgehead atoms. The van der Waals surface area contributed by atoms with Crippen molar-refractivity contribution in [2.75, 3.05) is 19.8 Å². The first-order valence-electron chi connectivity index (χ1n) is 6.63. The molecule has 5 heteroatoms. The topological polar surface area (TPSA) is 59.0 Å². The summed E-state index contributed by atoms with van der Waals surface area (Å²) in [6.45, 7) is 6.81. The molecule has 2 rings (SSSR count). The SMILES string of the molecule is CC(C)(C)OC(=O)N1C[C@H]2C[C@@H]1CC2OCCO. The van der Waals surface area contributed by atoms with Crippen LogP contribution < -0.4 is 0 Å². The number of aliphatic hydroxyl groups is 1. The Morgan fingerprint density at radius 3 is 2.61 bits per heavy atom. The molecule has 1 N–H and O–H groups in total. The van der Waals surface area contributed by atoms with Gasteiger partial charge in [0.15, 0.2) is 0 Å². The van der Waals surface area contributed by atoms with Crippen molar-refractivity contribution in [2.45, 2.75) is 51.4 Å². The van der Waals surface area contributed by atoms with E-state index in [1.807, 2.05) is 25.7 Å². The summed E-state index contributed by atoms with van der Waals surface area (Å²) in [7, 11) is 0.